The fourth-order valence-electron chi connectivity index (χ4n) is 4.93. The van der Waals surface area contributed by atoms with Gasteiger partial charge in [-0.15, -0.1) is 0 Å². The lowest BCUT2D eigenvalue weighted by atomic mass is 10.1. The van der Waals surface area contributed by atoms with Crippen LogP contribution in [0, 0.1) is 20.2 Å². The molecule has 4 aromatic carbocycles. The highest BCUT2D eigenvalue weighted by atomic mass is 16.6. The smallest absolute Gasteiger partial charge is 0.269 e. The van der Waals surface area contributed by atoms with E-state index in [1.54, 1.807) is 44.6 Å². The summed E-state index contributed by atoms with van der Waals surface area (Å²) in [5.41, 5.74) is 5.36. The van der Waals surface area contributed by atoms with Crippen molar-refractivity contribution in [2.75, 3.05) is 14.2 Å². The predicted molar refractivity (Wildman–Crippen MR) is 166 cm³/mol. The highest BCUT2D eigenvalue weighted by Gasteiger charge is 2.27. The van der Waals surface area contributed by atoms with Crippen molar-refractivity contribution >= 4 is 35.3 Å². The summed E-state index contributed by atoms with van der Waals surface area (Å²) in [6.45, 7) is 0. The summed E-state index contributed by atoms with van der Waals surface area (Å²) >= 11 is 0. The number of nitro groups is 2. The van der Waals surface area contributed by atoms with Crippen LogP contribution in [0.2, 0.25) is 0 Å². The second kappa shape index (κ2) is 14.5. The Labute approximate surface area is 258 Å². The number of ketones is 2. The lowest BCUT2D eigenvalue weighted by Crippen LogP contribution is -1.95. The molecule has 2 aliphatic rings. The Morgan fingerprint density at radius 3 is 1.69 bits per heavy atom. The molecule has 0 bridgehead atoms. The molecule has 4 aromatic rings. The molecule has 228 valence electrons. The van der Waals surface area contributed by atoms with Gasteiger partial charge in [-0.05, 0) is 54.5 Å². The molecule has 0 heterocycles. The molecule has 0 saturated heterocycles. The molecule has 0 amide bonds. The second-order valence-electron chi connectivity index (χ2n) is 9.89. The largest absolute Gasteiger partial charge is 0.496 e. The molecule has 45 heavy (non-hydrogen) atoms. The molecular formula is C34H28N2O9. The van der Waals surface area contributed by atoms with Gasteiger partial charge >= 0.3 is 0 Å². The van der Waals surface area contributed by atoms with Crippen molar-refractivity contribution in [3.63, 3.8) is 0 Å². The Kier molecular flexibility index (Phi) is 10.3. The van der Waals surface area contributed by atoms with Crippen LogP contribution in [-0.4, -0.2) is 41.9 Å². The minimum atomic E-state index is -0.505. The Hall–Kier alpha value is -5.97. The van der Waals surface area contributed by atoms with Gasteiger partial charge in [-0.2, -0.15) is 0 Å². The fourth-order valence-corrected chi connectivity index (χ4v) is 4.93. The Morgan fingerprint density at radius 1 is 0.667 bits per heavy atom. The quantitative estimate of drug-likeness (QED) is 0.101. The lowest BCUT2D eigenvalue weighted by Gasteiger charge is -2.04. The first-order valence-corrected chi connectivity index (χ1v) is 13.7. The van der Waals surface area contributed by atoms with E-state index in [2.05, 4.69) is 0 Å². The van der Waals surface area contributed by atoms with Gasteiger partial charge in [0.05, 0.1) is 24.1 Å². The number of hydrogen-bond acceptors (Lipinski definition) is 9. The average molecular weight is 609 g/mol. The molecule has 0 atom stereocenters. The normalized spacial score (nSPS) is 13.4. The standard InChI is InChI=1S/C17H13NO4.C10H10O2.C7H5NO3/c1-22-16-4-2-3-14-15(16)10-12(17(14)19)9-11-5-7-13(8-6-11)18(20)21;1-12-10-4-2-3-7-8(10)5-6-9(7)11;9-5-6-1-3-7(4-2-6)8(10)11/h2-9H,10H2,1H3;2-4H,5-6H2,1H3;1-5H. The summed E-state index contributed by atoms with van der Waals surface area (Å²) in [5.74, 6) is 1.77. The molecule has 11 nitrogen and oxygen atoms in total. The van der Waals surface area contributed by atoms with Crippen molar-refractivity contribution in [2.24, 2.45) is 0 Å². The number of Topliss-reactive ketones (excluding diaryl/α,β-unsaturated/α-hetero) is 2. The van der Waals surface area contributed by atoms with Gasteiger partial charge in [0.25, 0.3) is 11.4 Å². The van der Waals surface area contributed by atoms with Gasteiger partial charge < -0.3 is 9.47 Å². The van der Waals surface area contributed by atoms with E-state index in [0.29, 0.717) is 41.6 Å². The van der Waals surface area contributed by atoms with Crippen LogP contribution in [0.4, 0.5) is 11.4 Å². The third-order valence-electron chi connectivity index (χ3n) is 7.20. The van der Waals surface area contributed by atoms with E-state index in [-0.39, 0.29) is 22.9 Å². The number of aldehydes is 1. The van der Waals surface area contributed by atoms with Gasteiger partial charge in [-0.1, -0.05) is 24.3 Å². The third-order valence-corrected chi connectivity index (χ3v) is 7.20. The monoisotopic (exact) mass is 608 g/mol. The molecule has 6 rings (SSSR count). The van der Waals surface area contributed by atoms with Crippen molar-refractivity contribution in [3.8, 4) is 11.5 Å². The summed E-state index contributed by atoms with van der Waals surface area (Å²) in [6, 6.07) is 22.6. The predicted octanol–water partition coefficient (Wildman–Crippen LogP) is 6.66. The number of ether oxygens (including phenoxy) is 2. The number of fused-ring (bicyclic) bond motifs is 2. The number of benzene rings is 4. The minimum Gasteiger partial charge on any atom is -0.496 e. The maximum atomic E-state index is 12.4. The van der Waals surface area contributed by atoms with Crippen LogP contribution in [0.3, 0.4) is 0 Å². The van der Waals surface area contributed by atoms with Crippen molar-refractivity contribution in [1.29, 1.82) is 0 Å². The SMILES string of the molecule is COc1cccc2c1CC(=Cc1ccc([N+](=O)[O-])cc1)C2=O.COc1cccc2c1CCC2=O.O=Cc1ccc([N+](=O)[O-])cc1. The number of hydrogen-bond donors (Lipinski definition) is 0. The summed E-state index contributed by atoms with van der Waals surface area (Å²) in [7, 11) is 3.22. The zero-order valence-corrected chi connectivity index (χ0v) is 24.4. The maximum absolute atomic E-state index is 12.4. The number of nitro benzene ring substituents is 2. The Morgan fingerprint density at radius 2 is 1.18 bits per heavy atom. The minimum absolute atomic E-state index is 0.00407. The molecule has 0 aromatic heterocycles. The van der Waals surface area contributed by atoms with Gasteiger partial charge in [0.15, 0.2) is 11.6 Å². The summed E-state index contributed by atoms with van der Waals surface area (Å²) in [6.07, 6.45) is 4.39. The van der Waals surface area contributed by atoms with E-state index in [4.69, 9.17) is 9.47 Å². The zero-order valence-electron chi connectivity index (χ0n) is 24.4. The molecule has 11 heteroatoms. The van der Waals surface area contributed by atoms with E-state index < -0.39 is 9.85 Å². The molecule has 0 unspecified atom stereocenters. The van der Waals surface area contributed by atoms with Gasteiger partial charge in [0.2, 0.25) is 0 Å². The third kappa shape index (κ3) is 7.52. The number of carbonyl (C=O) groups is 3. The molecule has 0 N–H and O–H groups in total. The Bertz CT molecular complexity index is 1790. The van der Waals surface area contributed by atoms with Crippen molar-refractivity contribution in [1.82, 2.24) is 0 Å². The molecule has 0 spiro atoms. The van der Waals surface area contributed by atoms with Crippen LogP contribution < -0.4 is 9.47 Å². The average Bonchev–Trinajstić information content (AvgIpc) is 3.60. The molecule has 0 radical (unpaired) electrons. The molecule has 2 aliphatic carbocycles. The van der Waals surface area contributed by atoms with Crippen molar-refractivity contribution < 1.29 is 33.7 Å². The first kappa shape index (κ1) is 32.0. The zero-order chi connectivity index (χ0) is 32.5. The number of carbonyl (C=O) groups excluding carboxylic acids is 3. The van der Waals surface area contributed by atoms with Crippen molar-refractivity contribution in [2.45, 2.75) is 19.3 Å². The van der Waals surface area contributed by atoms with E-state index >= 15 is 0 Å². The van der Waals surface area contributed by atoms with E-state index in [9.17, 15) is 34.6 Å². The topological polar surface area (TPSA) is 156 Å². The second-order valence-corrected chi connectivity index (χ2v) is 9.89. The van der Waals surface area contributed by atoms with E-state index in [0.717, 1.165) is 34.4 Å². The molecular weight excluding hydrogens is 580 g/mol. The molecule has 0 saturated carbocycles. The highest BCUT2D eigenvalue weighted by molar-refractivity contribution is 6.16. The van der Waals surface area contributed by atoms with Gasteiger partial charge in [0, 0.05) is 70.5 Å². The van der Waals surface area contributed by atoms with Gasteiger partial charge in [0.1, 0.15) is 17.8 Å². The van der Waals surface area contributed by atoms with Crippen LogP contribution in [-0.2, 0) is 12.8 Å². The summed E-state index contributed by atoms with van der Waals surface area (Å²) < 4.78 is 10.4. The number of rotatable bonds is 6. The van der Waals surface area contributed by atoms with Crippen molar-refractivity contribution in [3.05, 3.63) is 144 Å². The van der Waals surface area contributed by atoms with E-state index in [1.165, 1.54) is 36.4 Å². The van der Waals surface area contributed by atoms with Crippen LogP contribution in [0.5, 0.6) is 11.5 Å². The molecule has 0 aliphatic heterocycles. The van der Waals surface area contributed by atoms with Crippen LogP contribution in [0.15, 0.2) is 90.5 Å². The van der Waals surface area contributed by atoms with Crippen LogP contribution >= 0.6 is 0 Å². The molecule has 0 fully saturated rings. The number of allylic oxidation sites excluding steroid dienone is 1. The number of non-ortho nitro benzene ring substituents is 2. The summed E-state index contributed by atoms with van der Waals surface area (Å²) in [4.78, 5) is 53.6. The van der Waals surface area contributed by atoms with Gasteiger partial charge in [-0.25, -0.2) is 0 Å². The lowest BCUT2D eigenvalue weighted by molar-refractivity contribution is -0.385. The number of methoxy groups -OCH3 is 2. The van der Waals surface area contributed by atoms with Crippen LogP contribution in [0.1, 0.15) is 54.2 Å². The van der Waals surface area contributed by atoms with E-state index in [1.807, 2.05) is 24.3 Å². The first-order valence-electron chi connectivity index (χ1n) is 13.7. The van der Waals surface area contributed by atoms with Crippen LogP contribution in [0.25, 0.3) is 6.08 Å². The Balaban J connectivity index is 0.000000169. The summed E-state index contributed by atoms with van der Waals surface area (Å²) in [5, 5.41) is 20.8. The highest BCUT2D eigenvalue weighted by Crippen LogP contribution is 2.34. The van der Waals surface area contributed by atoms with Gasteiger partial charge in [-0.3, -0.25) is 34.6 Å². The first-order chi connectivity index (χ1) is 21.7. The fraction of sp³-hybridized carbons (Fsp3) is 0.147. The number of nitrogens with zero attached hydrogens (tertiary/aromatic N) is 2. The maximum Gasteiger partial charge on any atom is 0.269 e.